The Balaban J connectivity index is 1.33. The normalized spacial score (nSPS) is 11.2. The number of carbonyl (C=O) groups is 2. The van der Waals surface area contributed by atoms with Crippen LogP contribution < -0.4 is 20.1 Å². The molecule has 2 amide bonds. The van der Waals surface area contributed by atoms with Crippen molar-refractivity contribution in [2.24, 2.45) is 0 Å². The lowest BCUT2D eigenvalue weighted by Crippen LogP contribution is -2.30. The maximum absolute atomic E-state index is 12.7. The number of hydrogen-bond acceptors (Lipinski definition) is 6. The summed E-state index contributed by atoms with van der Waals surface area (Å²) in [5, 5.41) is 5.84. The first-order valence-electron chi connectivity index (χ1n) is 11.5. The van der Waals surface area contributed by atoms with E-state index in [0.717, 1.165) is 17.5 Å². The molecular formula is C27H29N5O4. The number of imidazole rings is 1. The third-order valence-corrected chi connectivity index (χ3v) is 6.10. The van der Waals surface area contributed by atoms with Gasteiger partial charge in [0.1, 0.15) is 0 Å². The van der Waals surface area contributed by atoms with Gasteiger partial charge in [0.25, 0.3) is 11.8 Å². The lowest BCUT2D eigenvalue weighted by atomic mass is 9.81. The topological polar surface area (TPSA) is 118 Å². The van der Waals surface area contributed by atoms with Gasteiger partial charge in [-0.2, -0.15) is 0 Å². The Kier molecular flexibility index (Phi) is 7.19. The van der Waals surface area contributed by atoms with Gasteiger partial charge in [-0.1, -0.05) is 26.0 Å². The van der Waals surface area contributed by atoms with Gasteiger partial charge < -0.3 is 25.1 Å². The van der Waals surface area contributed by atoms with E-state index in [9.17, 15) is 9.59 Å². The average Bonchev–Trinajstić information content (AvgIpc) is 3.33. The number of rotatable bonds is 9. The van der Waals surface area contributed by atoms with Crippen molar-refractivity contribution in [3.8, 4) is 11.5 Å². The predicted octanol–water partition coefficient (Wildman–Crippen LogP) is 4.33. The molecule has 4 aromatic rings. The molecule has 2 aromatic heterocycles. The number of aromatic nitrogens is 3. The third kappa shape index (κ3) is 5.46. The largest absolute Gasteiger partial charge is 0.493 e. The molecule has 0 saturated carbocycles. The van der Waals surface area contributed by atoms with Crippen LogP contribution in [0.15, 0.2) is 60.9 Å². The zero-order valence-electron chi connectivity index (χ0n) is 20.7. The Labute approximate surface area is 209 Å². The van der Waals surface area contributed by atoms with E-state index in [-0.39, 0.29) is 23.1 Å². The van der Waals surface area contributed by atoms with E-state index in [1.54, 1.807) is 43.8 Å². The van der Waals surface area contributed by atoms with Crippen molar-refractivity contribution in [3.63, 3.8) is 0 Å². The second kappa shape index (κ2) is 10.5. The van der Waals surface area contributed by atoms with Gasteiger partial charge in [-0.15, -0.1) is 0 Å². The molecule has 0 aliphatic carbocycles. The zero-order valence-corrected chi connectivity index (χ0v) is 20.7. The Hall–Kier alpha value is -4.40. The summed E-state index contributed by atoms with van der Waals surface area (Å²) >= 11 is 0. The fourth-order valence-electron chi connectivity index (χ4n) is 3.87. The molecule has 0 atom stereocenters. The van der Waals surface area contributed by atoms with Crippen molar-refractivity contribution >= 4 is 28.5 Å². The fraction of sp³-hybridized carbons (Fsp3) is 0.259. The highest BCUT2D eigenvalue weighted by atomic mass is 16.5. The van der Waals surface area contributed by atoms with Crippen molar-refractivity contribution < 1.29 is 19.1 Å². The minimum absolute atomic E-state index is 0.197. The van der Waals surface area contributed by atoms with Gasteiger partial charge in [0.05, 0.1) is 31.4 Å². The van der Waals surface area contributed by atoms with Crippen molar-refractivity contribution in [1.82, 2.24) is 20.3 Å². The van der Waals surface area contributed by atoms with Gasteiger partial charge in [-0.05, 0) is 53.8 Å². The van der Waals surface area contributed by atoms with Crippen LogP contribution in [-0.2, 0) is 5.41 Å². The number of methoxy groups -OCH3 is 2. The SMILES string of the molecule is COc1ccc(C(=O)Nc2ccc(C(C)(C)CCNC(=O)c3nc4ccncc4[nH]3)cc2)cc1OC. The Bertz CT molecular complexity index is 1350. The van der Waals surface area contributed by atoms with E-state index in [1.807, 2.05) is 24.3 Å². The summed E-state index contributed by atoms with van der Waals surface area (Å²) in [5.74, 6) is 0.825. The van der Waals surface area contributed by atoms with Gasteiger partial charge in [-0.25, -0.2) is 4.98 Å². The van der Waals surface area contributed by atoms with Crippen LogP contribution in [0.1, 0.15) is 46.8 Å². The Morgan fingerprint density at radius 3 is 2.42 bits per heavy atom. The van der Waals surface area contributed by atoms with Gasteiger partial charge >= 0.3 is 0 Å². The molecular weight excluding hydrogens is 458 g/mol. The van der Waals surface area contributed by atoms with E-state index in [1.165, 1.54) is 7.11 Å². The number of nitrogens with zero attached hydrogens (tertiary/aromatic N) is 2. The summed E-state index contributed by atoms with van der Waals surface area (Å²) in [6, 6.07) is 14.5. The van der Waals surface area contributed by atoms with Crippen molar-refractivity contribution in [1.29, 1.82) is 0 Å². The summed E-state index contributed by atoms with van der Waals surface area (Å²) < 4.78 is 10.5. The molecule has 0 saturated heterocycles. The minimum atomic E-state index is -0.254. The number of H-pyrrole nitrogens is 1. The first-order valence-corrected chi connectivity index (χ1v) is 11.5. The van der Waals surface area contributed by atoms with Gasteiger partial charge in [0, 0.05) is 24.0 Å². The van der Waals surface area contributed by atoms with Crippen LogP contribution in [0.25, 0.3) is 11.0 Å². The van der Waals surface area contributed by atoms with Crippen LogP contribution in [0.3, 0.4) is 0 Å². The standard InChI is InChI=1S/C27H29N5O4/c1-27(2,12-14-29-26(34)24-31-20-11-13-28-16-21(20)32-24)18-6-8-19(9-7-18)30-25(33)17-5-10-22(35-3)23(15-17)36-4/h5-11,13,15-16H,12,14H2,1-4H3,(H,29,34)(H,30,33)(H,31,32). The monoisotopic (exact) mass is 487 g/mol. The average molecular weight is 488 g/mol. The number of aromatic amines is 1. The smallest absolute Gasteiger partial charge is 0.287 e. The van der Waals surface area contributed by atoms with Crippen molar-refractivity contribution in [2.75, 3.05) is 26.1 Å². The summed E-state index contributed by atoms with van der Waals surface area (Å²) in [5.41, 5.74) is 3.47. The highest BCUT2D eigenvalue weighted by molar-refractivity contribution is 6.04. The van der Waals surface area contributed by atoms with E-state index >= 15 is 0 Å². The molecule has 3 N–H and O–H groups in total. The van der Waals surface area contributed by atoms with E-state index in [0.29, 0.717) is 34.8 Å². The molecule has 0 aliphatic heterocycles. The van der Waals surface area contributed by atoms with Gasteiger partial charge in [-0.3, -0.25) is 14.6 Å². The van der Waals surface area contributed by atoms with Crippen LogP contribution in [0.5, 0.6) is 11.5 Å². The molecule has 9 nitrogen and oxygen atoms in total. The number of anilines is 1. The number of nitrogens with one attached hydrogen (secondary N) is 3. The van der Waals surface area contributed by atoms with E-state index in [2.05, 4.69) is 39.4 Å². The molecule has 186 valence electrons. The quantitative estimate of drug-likeness (QED) is 0.324. The number of benzene rings is 2. The van der Waals surface area contributed by atoms with Gasteiger partial charge in [0.15, 0.2) is 17.3 Å². The minimum Gasteiger partial charge on any atom is -0.493 e. The number of amides is 2. The summed E-state index contributed by atoms with van der Waals surface area (Å²) in [7, 11) is 3.08. The van der Waals surface area contributed by atoms with E-state index in [4.69, 9.17) is 9.47 Å². The molecule has 2 aromatic carbocycles. The number of carbonyl (C=O) groups excluding carboxylic acids is 2. The highest BCUT2D eigenvalue weighted by Crippen LogP contribution is 2.29. The number of hydrogen-bond donors (Lipinski definition) is 3. The molecule has 0 aliphatic rings. The van der Waals surface area contributed by atoms with Crippen LogP contribution >= 0.6 is 0 Å². The Morgan fingerprint density at radius 2 is 1.72 bits per heavy atom. The second-order valence-electron chi connectivity index (χ2n) is 8.97. The Morgan fingerprint density at radius 1 is 0.972 bits per heavy atom. The predicted molar refractivity (Wildman–Crippen MR) is 138 cm³/mol. The number of pyridine rings is 1. The summed E-state index contributed by atoms with van der Waals surface area (Å²) in [6.45, 7) is 4.71. The van der Waals surface area contributed by atoms with Gasteiger partial charge in [0.2, 0.25) is 0 Å². The van der Waals surface area contributed by atoms with Crippen LogP contribution in [0.4, 0.5) is 5.69 Å². The second-order valence-corrected chi connectivity index (χ2v) is 8.97. The van der Waals surface area contributed by atoms with Crippen molar-refractivity contribution in [2.45, 2.75) is 25.7 Å². The third-order valence-electron chi connectivity index (χ3n) is 6.10. The number of ether oxygens (including phenoxy) is 2. The first kappa shape index (κ1) is 24.7. The number of fused-ring (bicyclic) bond motifs is 1. The zero-order chi connectivity index (χ0) is 25.7. The first-order chi connectivity index (χ1) is 17.3. The highest BCUT2D eigenvalue weighted by Gasteiger charge is 2.21. The lowest BCUT2D eigenvalue weighted by Gasteiger charge is -2.25. The maximum atomic E-state index is 12.7. The lowest BCUT2D eigenvalue weighted by molar-refractivity contribution is 0.0941. The summed E-state index contributed by atoms with van der Waals surface area (Å²) in [4.78, 5) is 36.5. The van der Waals surface area contributed by atoms with Crippen LogP contribution in [-0.4, -0.2) is 47.5 Å². The molecule has 36 heavy (non-hydrogen) atoms. The molecule has 0 fully saturated rings. The van der Waals surface area contributed by atoms with Crippen molar-refractivity contribution in [3.05, 3.63) is 77.9 Å². The van der Waals surface area contributed by atoms with Crippen LogP contribution in [0, 0.1) is 0 Å². The molecule has 4 rings (SSSR count). The molecule has 0 bridgehead atoms. The van der Waals surface area contributed by atoms with Crippen LogP contribution in [0.2, 0.25) is 0 Å². The molecule has 0 unspecified atom stereocenters. The molecule has 9 heteroatoms. The summed E-state index contributed by atoms with van der Waals surface area (Å²) in [6.07, 6.45) is 4.00. The fourth-order valence-corrected chi connectivity index (χ4v) is 3.87. The maximum Gasteiger partial charge on any atom is 0.287 e. The molecule has 0 radical (unpaired) electrons. The van der Waals surface area contributed by atoms with E-state index < -0.39 is 0 Å². The molecule has 2 heterocycles. The molecule has 0 spiro atoms.